The Labute approximate surface area is 143 Å². The van der Waals surface area contributed by atoms with E-state index in [0.29, 0.717) is 23.1 Å². The van der Waals surface area contributed by atoms with Crippen LogP contribution in [0.25, 0.3) is 10.9 Å². The zero-order chi connectivity index (χ0) is 17.4. The number of fused-ring (bicyclic) bond motifs is 1. The lowest BCUT2D eigenvalue weighted by atomic mass is 10.0. The van der Waals surface area contributed by atoms with Crippen molar-refractivity contribution in [2.45, 2.75) is 18.5 Å². The van der Waals surface area contributed by atoms with Gasteiger partial charge in [0.05, 0.1) is 17.6 Å². The topological polar surface area (TPSA) is 71.0 Å². The molecule has 2 atom stereocenters. The molecule has 1 amide bonds. The minimum absolute atomic E-state index is 0.0379. The number of nitrogens with zero attached hydrogens (tertiary/aromatic N) is 4. The minimum atomic E-state index is -0.353. The van der Waals surface area contributed by atoms with Crippen molar-refractivity contribution < 1.29 is 9.18 Å². The van der Waals surface area contributed by atoms with Crippen LogP contribution in [0.2, 0.25) is 0 Å². The number of hydrogen-bond donors (Lipinski definition) is 1. The summed E-state index contributed by atoms with van der Waals surface area (Å²) in [5.74, 6) is 0.205. The van der Waals surface area contributed by atoms with Crippen LogP contribution in [0.1, 0.15) is 18.0 Å². The zero-order valence-electron chi connectivity index (χ0n) is 13.6. The van der Waals surface area contributed by atoms with Crippen LogP contribution in [0.3, 0.4) is 0 Å². The van der Waals surface area contributed by atoms with Crippen molar-refractivity contribution in [2.24, 2.45) is 0 Å². The van der Waals surface area contributed by atoms with Crippen molar-refractivity contribution in [3.05, 3.63) is 60.4 Å². The third-order valence-electron chi connectivity index (χ3n) is 4.53. The second-order valence-corrected chi connectivity index (χ2v) is 6.07. The van der Waals surface area contributed by atoms with Crippen LogP contribution in [-0.4, -0.2) is 38.8 Å². The summed E-state index contributed by atoms with van der Waals surface area (Å²) in [5.41, 5.74) is 1.59. The van der Waals surface area contributed by atoms with Crippen LogP contribution >= 0.6 is 0 Å². The monoisotopic (exact) mass is 337 g/mol. The van der Waals surface area contributed by atoms with E-state index < -0.39 is 0 Å². The molecule has 1 aromatic carbocycles. The number of halogens is 1. The molecule has 1 saturated heterocycles. The molecule has 4 rings (SSSR count). The molecule has 3 aromatic rings. The van der Waals surface area contributed by atoms with Crippen molar-refractivity contribution in [3.8, 4) is 0 Å². The van der Waals surface area contributed by atoms with Gasteiger partial charge in [-0.3, -0.25) is 9.78 Å². The molecule has 0 unspecified atom stereocenters. The van der Waals surface area contributed by atoms with Crippen LogP contribution in [0.15, 0.2) is 49.1 Å². The van der Waals surface area contributed by atoms with E-state index >= 15 is 0 Å². The highest BCUT2D eigenvalue weighted by Crippen LogP contribution is 2.34. The molecule has 2 aromatic heterocycles. The van der Waals surface area contributed by atoms with Gasteiger partial charge >= 0.3 is 0 Å². The van der Waals surface area contributed by atoms with Gasteiger partial charge in [-0.05, 0) is 29.8 Å². The van der Waals surface area contributed by atoms with Crippen molar-refractivity contribution in [3.63, 3.8) is 0 Å². The molecule has 7 heteroatoms. The second kappa shape index (κ2) is 6.08. The Bertz CT molecular complexity index is 933. The minimum Gasteiger partial charge on any atom is -0.364 e. The number of anilines is 1. The van der Waals surface area contributed by atoms with Crippen molar-refractivity contribution >= 4 is 22.6 Å². The van der Waals surface area contributed by atoms with Gasteiger partial charge in [0.1, 0.15) is 18.0 Å². The fourth-order valence-corrected chi connectivity index (χ4v) is 3.33. The van der Waals surface area contributed by atoms with E-state index in [-0.39, 0.29) is 23.8 Å². The smallest absolute Gasteiger partial charge is 0.225 e. The fourth-order valence-electron chi connectivity index (χ4n) is 3.33. The van der Waals surface area contributed by atoms with E-state index in [9.17, 15) is 9.18 Å². The Morgan fingerprint density at radius 1 is 1.28 bits per heavy atom. The van der Waals surface area contributed by atoms with Crippen molar-refractivity contribution in [1.29, 1.82) is 0 Å². The predicted molar refractivity (Wildman–Crippen MR) is 91.3 cm³/mol. The van der Waals surface area contributed by atoms with Gasteiger partial charge in [-0.25, -0.2) is 14.4 Å². The molecular formula is C18H16FN5O. The number of benzene rings is 1. The predicted octanol–water partition coefficient (Wildman–Crippen LogP) is 2.55. The number of carbonyl (C=O) groups excluding carboxylic acids is 1. The van der Waals surface area contributed by atoms with Gasteiger partial charge in [0.2, 0.25) is 5.91 Å². The summed E-state index contributed by atoms with van der Waals surface area (Å²) in [4.78, 5) is 26.5. The summed E-state index contributed by atoms with van der Waals surface area (Å²) in [6.45, 7) is 0. The first-order valence-electron chi connectivity index (χ1n) is 7.96. The molecule has 1 N–H and O–H groups in total. The van der Waals surface area contributed by atoms with E-state index in [1.807, 2.05) is 12.1 Å². The zero-order valence-corrected chi connectivity index (χ0v) is 13.6. The molecule has 126 valence electrons. The summed E-state index contributed by atoms with van der Waals surface area (Å²) in [6.07, 6.45) is 5.22. The van der Waals surface area contributed by atoms with E-state index in [1.165, 1.54) is 18.5 Å². The van der Waals surface area contributed by atoms with Crippen molar-refractivity contribution in [2.75, 3.05) is 12.4 Å². The Balaban J connectivity index is 1.72. The van der Waals surface area contributed by atoms with Gasteiger partial charge in [-0.15, -0.1) is 0 Å². The number of amides is 1. The number of hydrogen-bond acceptors (Lipinski definition) is 5. The quantitative estimate of drug-likeness (QED) is 0.795. The van der Waals surface area contributed by atoms with Crippen LogP contribution in [0.4, 0.5) is 10.2 Å². The molecule has 1 aliphatic rings. The average Bonchev–Trinajstić information content (AvgIpc) is 2.90. The first kappa shape index (κ1) is 15.4. The first-order chi connectivity index (χ1) is 12.1. The lowest BCUT2D eigenvalue weighted by molar-refractivity contribution is -0.127. The SMILES string of the molecule is CN1C(=O)C[C@@H](Nc2ncnc3ccc(F)cc23)[C@@H]1c1cccnc1. The molecular weight excluding hydrogens is 321 g/mol. The van der Waals surface area contributed by atoms with Crippen LogP contribution in [-0.2, 0) is 4.79 Å². The standard InChI is InChI=1S/C18H16FN5O/c1-24-16(25)8-15(17(24)11-3-2-6-20-9-11)23-18-13-7-12(19)4-5-14(13)21-10-22-18/h2-7,9-10,15,17H,8H2,1H3,(H,21,22,23)/t15-,17+/m1/s1. The summed E-state index contributed by atoms with van der Waals surface area (Å²) in [5, 5.41) is 3.90. The normalized spacial score (nSPS) is 20.2. The number of nitrogens with one attached hydrogen (secondary N) is 1. The first-order valence-corrected chi connectivity index (χ1v) is 7.96. The molecule has 0 aliphatic carbocycles. The summed E-state index contributed by atoms with van der Waals surface area (Å²) in [6, 6.07) is 7.81. The Hall–Kier alpha value is -3.09. The van der Waals surface area contributed by atoms with E-state index in [1.54, 1.807) is 30.4 Å². The number of carbonyl (C=O) groups is 1. The average molecular weight is 337 g/mol. The number of likely N-dealkylation sites (tertiary alicyclic amines) is 1. The van der Waals surface area contributed by atoms with Crippen LogP contribution in [0, 0.1) is 5.82 Å². The van der Waals surface area contributed by atoms with Gasteiger partial charge < -0.3 is 10.2 Å². The second-order valence-electron chi connectivity index (χ2n) is 6.07. The molecule has 6 nitrogen and oxygen atoms in total. The van der Waals surface area contributed by atoms with Crippen molar-refractivity contribution in [1.82, 2.24) is 19.9 Å². The molecule has 3 heterocycles. The highest BCUT2D eigenvalue weighted by Gasteiger charge is 2.39. The van der Waals surface area contributed by atoms with Crippen LogP contribution < -0.4 is 5.32 Å². The maximum Gasteiger partial charge on any atom is 0.225 e. The summed E-state index contributed by atoms with van der Waals surface area (Å²) in [7, 11) is 1.78. The molecule has 25 heavy (non-hydrogen) atoms. The maximum atomic E-state index is 13.6. The largest absolute Gasteiger partial charge is 0.364 e. The highest BCUT2D eigenvalue weighted by atomic mass is 19.1. The third kappa shape index (κ3) is 2.77. The third-order valence-corrected chi connectivity index (χ3v) is 4.53. The Morgan fingerprint density at radius 2 is 2.16 bits per heavy atom. The Morgan fingerprint density at radius 3 is 2.96 bits per heavy atom. The fraction of sp³-hybridized carbons (Fsp3) is 0.222. The molecule has 0 radical (unpaired) electrons. The van der Waals surface area contributed by atoms with Gasteiger partial charge in [-0.2, -0.15) is 0 Å². The van der Waals surface area contributed by atoms with Gasteiger partial charge in [0.15, 0.2) is 0 Å². The summed E-state index contributed by atoms with van der Waals surface area (Å²) >= 11 is 0. The van der Waals surface area contributed by atoms with E-state index in [0.717, 1.165) is 5.56 Å². The molecule has 0 bridgehead atoms. The highest BCUT2D eigenvalue weighted by molar-refractivity contribution is 5.89. The van der Waals surface area contributed by atoms with Gasteiger partial charge in [0.25, 0.3) is 0 Å². The molecule has 1 aliphatic heterocycles. The van der Waals surface area contributed by atoms with Gasteiger partial charge in [0, 0.05) is 31.2 Å². The molecule has 1 fully saturated rings. The number of pyridine rings is 1. The number of aromatic nitrogens is 3. The maximum absolute atomic E-state index is 13.6. The summed E-state index contributed by atoms with van der Waals surface area (Å²) < 4.78 is 13.6. The van der Waals surface area contributed by atoms with Gasteiger partial charge in [-0.1, -0.05) is 6.07 Å². The van der Waals surface area contributed by atoms with Crippen LogP contribution in [0.5, 0.6) is 0 Å². The number of likely N-dealkylation sites (N-methyl/N-ethyl adjacent to an activating group) is 1. The van der Waals surface area contributed by atoms with E-state index in [4.69, 9.17) is 0 Å². The Kier molecular flexibility index (Phi) is 3.76. The molecule has 0 saturated carbocycles. The lowest BCUT2D eigenvalue weighted by Crippen LogP contribution is -2.30. The molecule has 0 spiro atoms. The number of rotatable bonds is 3. The van der Waals surface area contributed by atoms with E-state index in [2.05, 4.69) is 20.3 Å². The lowest BCUT2D eigenvalue weighted by Gasteiger charge is -2.26.